The van der Waals surface area contributed by atoms with Gasteiger partial charge in [0.15, 0.2) is 0 Å². The molecule has 0 fully saturated rings. The molecule has 32 heavy (non-hydrogen) atoms. The average Bonchev–Trinajstić information content (AvgIpc) is 2.76. The number of carbonyl (C=O) groups is 2. The molecule has 5 heteroatoms. The summed E-state index contributed by atoms with van der Waals surface area (Å²) < 4.78 is 0. The third kappa shape index (κ3) is 12.7. The zero-order valence-electron chi connectivity index (χ0n) is 20.7. The molecule has 1 aromatic carbocycles. The van der Waals surface area contributed by atoms with Crippen molar-refractivity contribution in [3.63, 3.8) is 0 Å². The zero-order valence-corrected chi connectivity index (χ0v) is 20.7. The predicted molar refractivity (Wildman–Crippen MR) is 134 cm³/mol. The minimum atomic E-state index is -1.29. The summed E-state index contributed by atoms with van der Waals surface area (Å²) in [5.74, 6) is -1.44. The van der Waals surface area contributed by atoms with E-state index in [2.05, 4.69) is 17.6 Å². The maximum Gasteiger partial charge on any atom is 0.328 e. The highest BCUT2D eigenvalue weighted by Gasteiger charge is 2.29. The van der Waals surface area contributed by atoms with Gasteiger partial charge in [-0.05, 0) is 44.5 Å². The van der Waals surface area contributed by atoms with Crippen LogP contribution in [0.15, 0.2) is 24.3 Å². The van der Waals surface area contributed by atoms with Crippen molar-refractivity contribution in [3.8, 4) is 0 Å². The first kappa shape index (κ1) is 28.0. The van der Waals surface area contributed by atoms with Gasteiger partial charge in [0.1, 0.15) is 5.54 Å². The number of rotatable bonds is 19. The molecule has 0 spiro atoms. The number of unbranched alkanes of at least 4 members (excludes halogenated alkanes) is 13. The van der Waals surface area contributed by atoms with Crippen molar-refractivity contribution in [1.82, 2.24) is 5.32 Å². The minimum Gasteiger partial charge on any atom is -0.480 e. The normalized spacial score (nSPS) is 11.3. The Bertz CT molecular complexity index is 641. The van der Waals surface area contributed by atoms with Crippen molar-refractivity contribution in [3.05, 3.63) is 29.8 Å². The minimum absolute atomic E-state index is 0.379. The van der Waals surface area contributed by atoms with E-state index in [1.54, 1.807) is 12.1 Å². The van der Waals surface area contributed by atoms with Gasteiger partial charge in [0.2, 0.25) is 0 Å². The maximum atomic E-state index is 12.2. The molecule has 0 saturated heterocycles. The second-order valence-corrected chi connectivity index (χ2v) is 9.48. The van der Waals surface area contributed by atoms with E-state index in [9.17, 15) is 9.59 Å². The summed E-state index contributed by atoms with van der Waals surface area (Å²) in [6.07, 6.45) is 19.0. The summed E-state index contributed by atoms with van der Waals surface area (Å²) in [6, 6.07) is 7.18. The van der Waals surface area contributed by atoms with E-state index in [0.717, 1.165) is 18.7 Å². The third-order valence-electron chi connectivity index (χ3n) is 5.97. The molecule has 5 nitrogen and oxygen atoms in total. The van der Waals surface area contributed by atoms with E-state index in [1.807, 2.05) is 12.1 Å². The summed E-state index contributed by atoms with van der Waals surface area (Å²) in [6.45, 7) is 6.14. The summed E-state index contributed by atoms with van der Waals surface area (Å²) in [4.78, 5) is 23.3. The van der Waals surface area contributed by atoms with E-state index in [1.165, 1.54) is 97.3 Å². The first-order valence-electron chi connectivity index (χ1n) is 12.8. The fraction of sp³-hybridized carbons (Fsp3) is 0.704. The molecule has 0 bridgehead atoms. The molecule has 0 aliphatic carbocycles. The molecule has 0 aromatic heterocycles. The second kappa shape index (κ2) is 16.6. The number of carbonyl (C=O) groups excluding carboxylic acids is 1. The summed E-state index contributed by atoms with van der Waals surface area (Å²) >= 11 is 0. The number of hydrogen-bond acceptors (Lipinski definition) is 3. The topological polar surface area (TPSA) is 78.4 Å². The number of amides is 1. The lowest BCUT2D eigenvalue weighted by atomic mass is 10.0. The van der Waals surface area contributed by atoms with Gasteiger partial charge in [-0.25, -0.2) is 4.79 Å². The Morgan fingerprint density at radius 1 is 0.750 bits per heavy atom. The van der Waals surface area contributed by atoms with Crippen LogP contribution in [-0.4, -0.2) is 29.1 Å². The number of benzene rings is 1. The van der Waals surface area contributed by atoms with E-state index in [-0.39, 0.29) is 5.91 Å². The molecule has 0 saturated carbocycles. The quantitative estimate of drug-likeness (QED) is 0.197. The molecule has 0 atom stereocenters. The van der Waals surface area contributed by atoms with E-state index in [0.29, 0.717) is 5.56 Å². The first-order valence-corrected chi connectivity index (χ1v) is 12.8. The molecule has 1 aromatic rings. The average molecular weight is 447 g/mol. The molecule has 0 aliphatic heterocycles. The van der Waals surface area contributed by atoms with Gasteiger partial charge in [0, 0.05) is 17.8 Å². The van der Waals surface area contributed by atoms with Gasteiger partial charge in [-0.3, -0.25) is 4.79 Å². The zero-order chi connectivity index (χ0) is 23.7. The SMILES string of the molecule is CCCCCCCCCCCCCCCCNc1ccc(C(=O)NC(C)(C)C(=O)O)cc1. The Morgan fingerprint density at radius 3 is 1.62 bits per heavy atom. The van der Waals surface area contributed by atoms with Gasteiger partial charge in [0.25, 0.3) is 5.91 Å². The molecule has 0 heterocycles. The third-order valence-corrected chi connectivity index (χ3v) is 5.97. The summed E-state index contributed by atoms with van der Waals surface area (Å²) in [5.41, 5.74) is 0.150. The van der Waals surface area contributed by atoms with Crippen LogP contribution in [0.1, 0.15) is 121 Å². The molecular formula is C27H46N2O3. The van der Waals surface area contributed by atoms with Crippen molar-refractivity contribution in [1.29, 1.82) is 0 Å². The monoisotopic (exact) mass is 446 g/mol. The second-order valence-electron chi connectivity index (χ2n) is 9.48. The number of carboxylic acids is 1. The van der Waals surface area contributed by atoms with Crippen LogP contribution in [0.25, 0.3) is 0 Å². The first-order chi connectivity index (χ1) is 15.4. The standard InChI is InChI=1S/C27H46N2O3/c1-4-5-6-7-8-9-10-11-12-13-14-15-16-17-22-28-24-20-18-23(19-21-24)25(30)29-27(2,3)26(31)32/h18-21,28H,4-17,22H2,1-3H3,(H,29,30)(H,31,32). The Balaban J connectivity index is 2.02. The van der Waals surface area contributed by atoms with Crippen molar-refractivity contribution < 1.29 is 14.7 Å². The Morgan fingerprint density at radius 2 is 1.19 bits per heavy atom. The van der Waals surface area contributed by atoms with Gasteiger partial charge in [-0.15, -0.1) is 0 Å². The number of aliphatic carboxylic acids is 1. The van der Waals surface area contributed by atoms with E-state index in [4.69, 9.17) is 5.11 Å². The Hall–Kier alpha value is -2.04. The van der Waals surface area contributed by atoms with Crippen LogP contribution in [0.5, 0.6) is 0 Å². The van der Waals surface area contributed by atoms with Crippen molar-refractivity contribution in [2.24, 2.45) is 0 Å². The van der Waals surface area contributed by atoms with Gasteiger partial charge in [0.05, 0.1) is 0 Å². The van der Waals surface area contributed by atoms with Gasteiger partial charge in [-0.2, -0.15) is 0 Å². The van der Waals surface area contributed by atoms with E-state index >= 15 is 0 Å². The van der Waals surface area contributed by atoms with Gasteiger partial charge >= 0.3 is 5.97 Å². The molecular weight excluding hydrogens is 400 g/mol. The Labute approximate surface area is 195 Å². The fourth-order valence-corrected chi connectivity index (χ4v) is 3.70. The predicted octanol–water partition coefficient (Wildman–Crippen LogP) is 7.17. The van der Waals surface area contributed by atoms with Crippen LogP contribution in [0.2, 0.25) is 0 Å². The molecule has 0 aliphatic rings. The lowest BCUT2D eigenvalue weighted by molar-refractivity contribution is -0.143. The molecule has 3 N–H and O–H groups in total. The van der Waals surface area contributed by atoms with Crippen molar-refractivity contribution in [2.75, 3.05) is 11.9 Å². The highest BCUT2D eigenvalue weighted by Crippen LogP contribution is 2.14. The molecule has 182 valence electrons. The maximum absolute atomic E-state index is 12.2. The van der Waals surface area contributed by atoms with Crippen LogP contribution in [-0.2, 0) is 4.79 Å². The highest BCUT2D eigenvalue weighted by atomic mass is 16.4. The van der Waals surface area contributed by atoms with Crippen LogP contribution >= 0.6 is 0 Å². The van der Waals surface area contributed by atoms with Crippen LogP contribution in [0.4, 0.5) is 5.69 Å². The molecule has 0 unspecified atom stereocenters. The fourth-order valence-electron chi connectivity index (χ4n) is 3.70. The molecule has 1 amide bonds. The van der Waals surface area contributed by atoms with E-state index < -0.39 is 11.5 Å². The van der Waals surface area contributed by atoms with Crippen LogP contribution < -0.4 is 10.6 Å². The van der Waals surface area contributed by atoms with Crippen molar-refractivity contribution in [2.45, 2.75) is 116 Å². The van der Waals surface area contributed by atoms with Crippen LogP contribution in [0.3, 0.4) is 0 Å². The highest BCUT2D eigenvalue weighted by molar-refractivity contribution is 5.97. The largest absolute Gasteiger partial charge is 0.480 e. The van der Waals surface area contributed by atoms with Crippen LogP contribution in [0, 0.1) is 0 Å². The molecule has 1 rings (SSSR count). The molecule has 0 radical (unpaired) electrons. The number of carboxylic acid groups (broad SMARTS) is 1. The summed E-state index contributed by atoms with van der Waals surface area (Å²) in [5, 5.41) is 15.0. The lowest BCUT2D eigenvalue weighted by Gasteiger charge is -2.21. The smallest absolute Gasteiger partial charge is 0.328 e. The number of anilines is 1. The number of nitrogens with one attached hydrogen (secondary N) is 2. The number of hydrogen-bond donors (Lipinski definition) is 3. The summed E-state index contributed by atoms with van der Waals surface area (Å²) in [7, 11) is 0. The van der Waals surface area contributed by atoms with Gasteiger partial charge < -0.3 is 15.7 Å². The Kier molecular flexibility index (Phi) is 14.5. The van der Waals surface area contributed by atoms with Crippen molar-refractivity contribution >= 4 is 17.6 Å². The lowest BCUT2D eigenvalue weighted by Crippen LogP contribution is -2.49. The van der Waals surface area contributed by atoms with Gasteiger partial charge in [-0.1, -0.05) is 90.4 Å².